The van der Waals surface area contributed by atoms with Gasteiger partial charge in [-0.3, -0.25) is 9.48 Å². The van der Waals surface area contributed by atoms with E-state index in [-0.39, 0.29) is 5.91 Å². The topological polar surface area (TPSA) is 77.1 Å². The summed E-state index contributed by atoms with van der Waals surface area (Å²) >= 11 is 0. The molecule has 0 aliphatic heterocycles. The summed E-state index contributed by atoms with van der Waals surface area (Å²) in [6, 6.07) is 9.48. The third kappa shape index (κ3) is 3.22. The van der Waals surface area contributed by atoms with Crippen molar-refractivity contribution in [3.8, 4) is 22.5 Å². The normalized spacial score (nSPS) is 10.9. The molecule has 4 aromatic rings. The number of benzene rings is 1. The van der Waals surface area contributed by atoms with Gasteiger partial charge in [0.25, 0.3) is 5.91 Å². The van der Waals surface area contributed by atoms with Gasteiger partial charge in [-0.25, -0.2) is 9.50 Å². The Morgan fingerprint density at radius 1 is 1.15 bits per heavy atom. The fraction of sp³-hybridized carbons (Fsp3) is 0.100. The molecule has 1 aromatic carbocycles. The number of fused-ring (bicyclic) bond motifs is 1. The highest BCUT2D eigenvalue weighted by molar-refractivity contribution is 6.03. The summed E-state index contributed by atoms with van der Waals surface area (Å²) in [4.78, 5) is 16.8. The molecule has 7 heteroatoms. The number of rotatable bonds is 4. The first kappa shape index (κ1) is 16.7. The molecule has 0 atom stereocenters. The molecule has 0 aliphatic carbocycles. The Labute approximate surface area is 156 Å². The van der Waals surface area contributed by atoms with Gasteiger partial charge in [0.2, 0.25) is 0 Å². The Bertz CT molecular complexity index is 1170. The van der Waals surface area contributed by atoms with Crippen molar-refractivity contribution >= 4 is 17.1 Å². The molecule has 134 valence electrons. The maximum atomic E-state index is 11.9. The number of anilines is 1. The van der Waals surface area contributed by atoms with E-state index >= 15 is 0 Å². The van der Waals surface area contributed by atoms with E-state index in [9.17, 15) is 4.79 Å². The van der Waals surface area contributed by atoms with Gasteiger partial charge in [0, 0.05) is 35.6 Å². The number of hydrogen-bond donors (Lipinski definition) is 1. The minimum atomic E-state index is -0.210. The molecule has 3 heterocycles. The van der Waals surface area contributed by atoms with Gasteiger partial charge in [0.05, 0.1) is 35.5 Å². The van der Waals surface area contributed by atoms with Crippen LogP contribution in [-0.4, -0.2) is 30.3 Å². The van der Waals surface area contributed by atoms with E-state index in [1.165, 1.54) is 0 Å². The van der Waals surface area contributed by atoms with Gasteiger partial charge < -0.3 is 5.32 Å². The monoisotopic (exact) mass is 358 g/mol. The van der Waals surface area contributed by atoms with Crippen LogP contribution in [0.1, 0.15) is 6.92 Å². The van der Waals surface area contributed by atoms with Crippen molar-refractivity contribution in [2.45, 2.75) is 6.92 Å². The second-order valence-electron chi connectivity index (χ2n) is 6.35. The van der Waals surface area contributed by atoms with Crippen LogP contribution in [0, 0.1) is 0 Å². The second kappa shape index (κ2) is 6.53. The molecule has 1 N–H and O–H groups in total. The zero-order chi connectivity index (χ0) is 19.0. The summed E-state index contributed by atoms with van der Waals surface area (Å²) in [6.07, 6.45) is 7.29. The standard InChI is InChI=1S/C20H18N6O/c1-13(2)20(27)23-16-6-4-5-14(9-16)19-18-7-8-21-26(18)12-17(24-19)15-10-22-25(3)11-15/h4-12H,1H2,2-3H3,(H,23,27). The number of carbonyl (C=O) groups excluding carboxylic acids is 1. The predicted octanol–water partition coefficient (Wildman–Crippen LogP) is 3.31. The van der Waals surface area contributed by atoms with Gasteiger partial charge in [0.15, 0.2) is 0 Å². The quantitative estimate of drug-likeness (QED) is 0.568. The second-order valence-corrected chi connectivity index (χ2v) is 6.35. The van der Waals surface area contributed by atoms with Crippen LogP contribution in [0.4, 0.5) is 5.69 Å². The number of carbonyl (C=O) groups is 1. The molecule has 4 rings (SSSR count). The van der Waals surface area contributed by atoms with E-state index in [2.05, 4.69) is 22.1 Å². The third-order valence-electron chi connectivity index (χ3n) is 4.17. The SMILES string of the molecule is C=C(C)C(=O)Nc1cccc(-c2nc(-c3cnn(C)c3)cn3nccc23)c1. The van der Waals surface area contributed by atoms with Gasteiger partial charge in [-0.2, -0.15) is 10.2 Å². The molecule has 0 bridgehead atoms. The zero-order valence-electron chi connectivity index (χ0n) is 15.0. The predicted molar refractivity (Wildman–Crippen MR) is 104 cm³/mol. The molecule has 3 aromatic heterocycles. The largest absolute Gasteiger partial charge is 0.322 e. The summed E-state index contributed by atoms with van der Waals surface area (Å²) in [5.74, 6) is -0.210. The Kier molecular flexibility index (Phi) is 4.04. The highest BCUT2D eigenvalue weighted by Gasteiger charge is 2.13. The maximum absolute atomic E-state index is 11.9. The zero-order valence-corrected chi connectivity index (χ0v) is 15.0. The van der Waals surface area contributed by atoms with E-state index in [0.717, 1.165) is 28.0 Å². The summed E-state index contributed by atoms with van der Waals surface area (Å²) in [5.41, 5.74) is 5.35. The molecular formula is C20H18N6O. The molecule has 0 fully saturated rings. The highest BCUT2D eigenvalue weighted by atomic mass is 16.1. The molecule has 0 spiro atoms. The number of hydrogen-bond acceptors (Lipinski definition) is 4. The maximum Gasteiger partial charge on any atom is 0.250 e. The molecule has 0 unspecified atom stereocenters. The van der Waals surface area contributed by atoms with Crippen molar-refractivity contribution in [1.29, 1.82) is 0 Å². The molecule has 0 aliphatic rings. The van der Waals surface area contributed by atoms with Gasteiger partial charge in [0.1, 0.15) is 0 Å². The lowest BCUT2D eigenvalue weighted by Crippen LogP contribution is -2.11. The number of aryl methyl sites for hydroxylation is 1. The van der Waals surface area contributed by atoms with Crippen molar-refractivity contribution in [3.05, 3.63) is 67.3 Å². The first-order valence-electron chi connectivity index (χ1n) is 8.42. The number of nitrogens with one attached hydrogen (secondary N) is 1. The number of amides is 1. The minimum Gasteiger partial charge on any atom is -0.322 e. The van der Waals surface area contributed by atoms with Gasteiger partial charge in [-0.05, 0) is 25.1 Å². The molecule has 1 amide bonds. The number of aromatic nitrogens is 5. The van der Waals surface area contributed by atoms with Crippen molar-refractivity contribution in [2.75, 3.05) is 5.32 Å². The van der Waals surface area contributed by atoms with Crippen molar-refractivity contribution in [1.82, 2.24) is 24.4 Å². The summed E-state index contributed by atoms with van der Waals surface area (Å²) < 4.78 is 3.53. The lowest BCUT2D eigenvalue weighted by molar-refractivity contribution is -0.112. The molecule has 7 nitrogen and oxygen atoms in total. The molecule has 27 heavy (non-hydrogen) atoms. The van der Waals surface area contributed by atoms with Crippen molar-refractivity contribution in [2.24, 2.45) is 7.05 Å². The molecule has 0 radical (unpaired) electrons. The van der Waals surface area contributed by atoms with Crippen molar-refractivity contribution < 1.29 is 4.79 Å². The van der Waals surface area contributed by atoms with Crippen LogP contribution in [0.25, 0.3) is 28.0 Å². The van der Waals surface area contributed by atoms with Crippen LogP contribution in [0.3, 0.4) is 0 Å². The van der Waals surface area contributed by atoms with Crippen LogP contribution in [-0.2, 0) is 11.8 Å². The summed E-state index contributed by atoms with van der Waals surface area (Å²) in [7, 11) is 1.87. The van der Waals surface area contributed by atoms with Gasteiger partial charge in [-0.15, -0.1) is 0 Å². The Hall–Kier alpha value is -3.74. The Morgan fingerprint density at radius 2 is 2.00 bits per heavy atom. The fourth-order valence-electron chi connectivity index (χ4n) is 2.81. The van der Waals surface area contributed by atoms with E-state index in [0.29, 0.717) is 11.3 Å². The van der Waals surface area contributed by atoms with E-state index in [1.54, 1.807) is 28.5 Å². The average Bonchev–Trinajstić information content (AvgIpc) is 3.29. The first-order valence-corrected chi connectivity index (χ1v) is 8.42. The summed E-state index contributed by atoms with van der Waals surface area (Å²) in [5, 5.41) is 11.4. The third-order valence-corrected chi connectivity index (χ3v) is 4.17. The smallest absolute Gasteiger partial charge is 0.250 e. The number of nitrogens with zero attached hydrogens (tertiary/aromatic N) is 5. The van der Waals surface area contributed by atoms with Crippen molar-refractivity contribution in [3.63, 3.8) is 0 Å². The van der Waals surface area contributed by atoms with Crippen LogP contribution < -0.4 is 5.32 Å². The Balaban J connectivity index is 1.82. The van der Waals surface area contributed by atoms with Crippen LogP contribution in [0.15, 0.2) is 67.3 Å². The lowest BCUT2D eigenvalue weighted by Gasteiger charge is -2.10. The minimum absolute atomic E-state index is 0.210. The molecular weight excluding hydrogens is 340 g/mol. The Morgan fingerprint density at radius 3 is 2.74 bits per heavy atom. The molecule has 0 saturated heterocycles. The molecule has 0 saturated carbocycles. The van der Waals surface area contributed by atoms with E-state index in [1.807, 2.05) is 49.8 Å². The lowest BCUT2D eigenvalue weighted by atomic mass is 10.1. The summed E-state index contributed by atoms with van der Waals surface area (Å²) in [6.45, 7) is 5.34. The van der Waals surface area contributed by atoms with Crippen LogP contribution in [0.5, 0.6) is 0 Å². The first-order chi connectivity index (χ1) is 13.0. The van der Waals surface area contributed by atoms with E-state index in [4.69, 9.17) is 4.98 Å². The van der Waals surface area contributed by atoms with E-state index < -0.39 is 0 Å². The van der Waals surface area contributed by atoms with Crippen LogP contribution in [0.2, 0.25) is 0 Å². The highest BCUT2D eigenvalue weighted by Crippen LogP contribution is 2.28. The van der Waals surface area contributed by atoms with Crippen LogP contribution >= 0.6 is 0 Å². The van der Waals surface area contributed by atoms with Gasteiger partial charge >= 0.3 is 0 Å². The fourth-order valence-corrected chi connectivity index (χ4v) is 2.81. The average molecular weight is 358 g/mol. The van der Waals surface area contributed by atoms with Gasteiger partial charge in [-0.1, -0.05) is 18.7 Å².